The molecule has 10 aromatic carbocycles. The number of rotatable bonds is 5. The first kappa shape index (κ1) is 70.2. The summed E-state index contributed by atoms with van der Waals surface area (Å²) in [7, 11) is 10.00. The van der Waals surface area contributed by atoms with E-state index in [0.29, 0.717) is 39.1 Å². The summed E-state index contributed by atoms with van der Waals surface area (Å²) in [4.78, 5) is 0. The first-order valence-corrected chi connectivity index (χ1v) is 33.3. The average Bonchev–Trinajstić information content (AvgIpc) is 1.75. The lowest BCUT2D eigenvalue weighted by Gasteiger charge is -2.04. The van der Waals surface area contributed by atoms with Crippen LogP contribution in [-0.2, 0) is 35.2 Å². The molecule has 0 saturated heterocycles. The van der Waals surface area contributed by atoms with Crippen LogP contribution >= 0.6 is 0 Å². The minimum Gasteiger partial charge on any atom is -0.207 e. The van der Waals surface area contributed by atoms with E-state index in [2.05, 4.69) is 161 Å². The maximum atomic E-state index is 14.2. The Morgan fingerprint density at radius 3 is 1.04 bits per heavy atom. The van der Waals surface area contributed by atoms with Crippen LogP contribution in [0.2, 0.25) is 0 Å². The predicted octanol–water partition coefficient (Wildman–Crippen LogP) is 15.0. The first-order chi connectivity index (χ1) is 49.0. The second kappa shape index (κ2) is 29.1. The summed E-state index contributed by atoms with van der Waals surface area (Å²) >= 11 is 0. The van der Waals surface area contributed by atoms with Crippen molar-refractivity contribution in [3.8, 4) is 58.8 Å². The Hall–Kier alpha value is -13.1. The Labute approximate surface area is 592 Å². The second-order valence-electron chi connectivity index (χ2n) is 25.5. The predicted molar refractivity (Wildman–Crippen MR) is 393 cm³/mol. The second-order valence-corrected chi connectivity index (χ2v) is 25.5. The molecule has 102 heavy (non-hydrogen) atoms. The summed E-state index contributed by atoms with van der Waals surface area (Å²) in [6, 6.07) is 75.1. The van der Waals surface area contributed by atoms with Crippen molar-refractivity contribution in [3.63, 3.8) is 0 Å². The van der Waals surface area contributed by atoms with E-state index in [1.807, 2.05) is 191 Å². The molecule has 0 radical (unpaired) electrons. The molecule has 15 aromatic rings. The molecule has 0 spiro atoms. The first-order valence-electron chi connectivity index (χ1n) is 33.3. The smallest absolute Gasteiger partial charge is 0.207 e. The summed E-state index contributed by atoms with van der Waals surface area (Å²) in [6.45, 7) is 20.2. The molecule has 0 aliphatic heterocycles. The lowest BCUT2D eigenvalue weighted by atomic mass is 10.0. The molecule has 502 valence electrons. The molecule has 0 aliphatic rings. The van der Waals surface area contributed by atoms with Crippen molar-refractivity contribution in [2.75, 3.05) is 0 Å². The van der Waals surface area contributed by atoms with Crippen LogP contribution in [0.1, 0.15) is 84.1 Å². The van der Waals surface area contributed by atoms with Crippen molar-refractivity contribution >= 4 is 54.5 Å². The fourth-order valence-electron chi connectivity index (χ4n) is 13.7. The zero-order valence-electron chi connectivity index (χ0n) is 60.0. The number of nitrogens with zero attached hydrogens (tertiary/aromatic N) is 15. The number of aromatic nitrogens is 10. The Balaban J connectivity index is 0.000000128. The van der Waals surface area contributed by atoms with Crippen LogP contribution in [0, 0.1) is 138 Å². The third kappa shape index (κ3) is 12.8. The van der Waals surface area contributed by atoms with E-state index in [9.17, 15) is 19.3 Å². The zero-order valence-corrected chi connectivity index (χ0v) is 60.0. The number of nitriles is 5. The summed E-state index contributed by atoms with van der Waals surface area (Å²) < 4.78 is 48.2. The van der Waals surface area contributed by atoms with Gasteiger partial charge in [-0.25, -0.2) is 4.39 Å². The number of halogens is 2. The highest BCUT2D eigenvalue weighted by atomic mass is 19.1. The molecular weight excluding hydrogens is 1270 g/mol. The number of para-hydroxylation sites is 6. The molecule has 0 aliphatic carbocycles. The minimum atomic E-state index is -0.557. The summed E-state index contributed by atoms with van der Waals surface area (Å²) in [5.41, 5.74) is 23.4. The maximum Gasteiger partial charge on any atom is 0.274 e. The average molecular weight is 1350 g/mol. The van der Waals surface area contributed by atoms with E-state index in [1.54, 1.807) is 17.7 Å². The monoisotopic (exact) mass is 1350 g/mol. The highest BCUT2D eigenvalue weighted by Gasteiger charge is 2.31. The molecule has 5 aromatic heterocycles. The van der Waals surface area contributed by atoms with E-state index in [-0.39, 0.29) is 0 Å². The maximum absolute atomic E-state index is 14.2. The van der Waals surface area contributed by atoms with Gasteiger partial charge in [-0.3, -0.25) is 0 Å². The van der Waals surface area contributed by atoms with E-state index in [4.69, 9.17) is 15.8 Å². The highest BCUT2D eigenvalue weighted by Crippen LogP contribution is 2.27. The van der Waals surface area contributed by atoms with Gasteiger partial charge >= 0.3 is 0 Å². The van der Waals surface area contributed by atoms with Crippen LogP contribution in [0.25, 0.3) is 83.0 Å². The van der Waals surface area contributed by atoms with Crippen LogP contribution in [0.15, 0.2) is 200 Å². The summed E-state index contributed by atoms with van der Waals surface area (Å²) in [5.74, 6) is -1.11. The molecule has 0 N–H and O–H groups in total. The number of hydrogen-bond acceptors (Lipinski definition) is 5. The Morgan fingerprint density at radius 1 is 0.275 bits per heavy atom. The van der Waals surface area contributed by atoms with Gasteiger partial charge in [0.05, 0.1) is 126 Å². The number of fused-ring (bicyclic) bond motifs is 5. The third-order valence-electron chi connectivity index (χ3n) is 19.4. The molecule has 15 rings (SSSR count). The fraction of sp³-hybridized carbons (Fsp3) is 0.176. The van der Waals surface area contributed by atoms with Crippen LogP contribution in [0.4, 0.5) is 8.78 Å². The van der Waals surface area contributed by atoms with Gasteiger partial charge in [0.15, 0.2) is 0 Å². The van der Waals surface area contributed by atoms with Crippen molar-refractivity contribution in [1.29, 1.82) is 26.3 Å². The molecule has 17 heteroatoms. The van der Waals surface area contributed by atoms with E-state index < -0.39 is 11.6 Å². The fourth-order valence-corrected chi connectivity index (χ4v) is 13.7. The highest BCUT2D eigenvalue weighted by molar-refractivity contribution is 5.82. The van der Waals surface area contributed by atoms with Gasteiger partial charge in [0.2, 0.25) is 44.8 Å². The standard InChI is InChI=1S/C18H15N4.3C17H16N3.C16H15F2N2/c1-12-8-14(10-19)9-15(11-20)18(12)22-17-7-5-4-6-16(17)13(2)21(22)3;1-12-7-6-8-14(11-18)17(12)20-16-10-5-4-9-15(16)13(2)19(20)3;1-12-10-14(11-18)8-9-16(12)20-17-7-5-4-6-15(17)13(2)19(20)3;1-12-8-9-14(11-18)10-17(12)20-16-7-5-4-6-15(16)13(2)19(20)3;1-10-8-12(17)9-14(18)16(10)20-15-7-5-4-6-13(15)11(2)19(20)3/h4-9H,1-3H3;3*4-10H,1-3H3;4-9H,1-3H3/q5*+1. The molecular formula is C85H78F2N15+5. The van der Waals surface area contributed by atoms with Crippen LogP contribution < -0.4 is 23.4 Å². The lowest BCUT2D eigenvalue weighted by Crippen LogP contribution is -2.41. The van der Waals surface area contributed by atoms with Gasteiger partial charge in [-0.05, 0) is 142 Å². The van der Waals surface area contributed by atoms with Crippen LogP contribution in [0.5, 0.6) is 0 Å². The van der Waals surface area contributed by atoms with Gasteiger partial charge in [-0.15, -0.1) is 0 Å². The van der Waals surface area contributed by atoms with E-state index >= 15 is 0 Å². The van der Waals surface area contributed by atoms with Gasteiger partial charge in [0, 0.05) is 76.3 Å². The van der Waals surface area contributed by atoms with Crippen molar-refractivity contribution in [2.45, 2.75) is 69.2 Å². The van der Waals surface area contributed by atoms with Crippen molar-refractivity contribution in [2.24, 2.45) is 35.2 Å². The number of aryl methyl sites for hydroxylation is 10. The molecule has 0 fully saturated rings. The molecule has 0 unspecified atom stereocenters. The molecule has 0 atom stereocenters. The largest absolute Gasteiger partial charge is 0.274 e. The molecule has 0 amide bonds. The normalized spacial score (nSPS) is 10.7. The zero-order chi connectivity index (χ0) is 73.1. The van der Waals surface area contributed by atoms with Gasteiger partial charge in [0.1, 0.15) is 29.1 Å². The summed E-state index contributed by atoms with van der Waals surface area (Å²) in [5, 5.41) is 52.0. The number of benzene rings is 10. The van der Waals surface area contributed by atoms with Crippen LogP contribution in [0.3, 0.4) is 0 Å². The lowest BCUT2D eigenvalue weighted by molar-refractivity contribution is -0.660. The van der Waals surface area contributed by atoms with Gasteiger partial charge in [-0.2, -0.15) is 54.1 Å². The van der Waals surface area contributed by atoms with E-state index in [1.165, 1.54) is 44.8 Å². The quantitative estimate of drug-likeness (QED) is 0.156. The van der Waals surface area contributed by atoms with Crippen molar-refractivity contribution in [3.05, 3.63) is 296 Å². The molecule has 0 saturated carbocycles. The van der Waals surface area contributed by atoms with Crippen molar-refractivity contribution in [1.82, 2.24) is 23.4 Å². The molecule has 0 bridgehead atoms. The molecule has 15 nitrogen and oxygen atoms in total. The van der Waals surface area contributed by atoms with Gasteiger partial charge < -0.3 is 0 Å². The Kier molecular flexibility index (Phi) is 20.0. The summed E-state index contributed by atoms with van der Waals surface area (Å²) in [6.07, 6.45) is 0. The topological polar surface area (TPSA) is 163 Å². The van der Waals surface area contributed by atoms with Crippen LogP contribution in [-0.4, -0.2) is 23.4 Å². The molecule has 5 heterocycles. The Bertz CT molecular complexity index is 6050. The van der Waals surface area contributed by atoms with Gasteiger partial charge in [-0.1, -0.05) is 102 Å². The third-order valence-corrected chi connectivity index (χ3v) is 19.4. The number of hydrogen-bond donors (Lipinski definition) is 0. The van der Waals surface area contributed by atoms with Crippen molar-refractivity contribution < 1.29 is 32.2 Å². The van der Waals surface area contributed by atoms with E-state index in [0.717, 1.165) is 95.3 Å². The minimum absolute atomic E-state index is 0.387. The Morgan fingerprint density at radius 2 is 0.627 bits per heavy atom. The SMILES string of the molecule is Cc1cc(C#N)cc(C#N)c1-[n+]1c2ccccc2c(C)n1C.Cc1cc(C#N)ccc1-[n+]1c2ccccc2c(C)n1C.Cc1cc(F)cc(F)c1-[n+]1c2ccccc2c(C)n1C.Cc1ccc(C#N)cc1-[n+]1c2ccccc2c(C)n1C.Cc1cccc(C#N)c1-[n+]1c2ccccc2c(C)n1C. The van der Waals surface area contributed by atoms with Gasteiger partial charge in [0.25, 0.3) is 17.1 Å².